The molecule has 7 nitrogen and oxygen atoms in total. The fourth-order valence-corrected chi connectivity index (χ4v) is 4.68. The van der Waals surface area contributed by atoms with Gasteiger partial charge >= 0.3 is 5.97 Å². The van der Waals surface area contributed by atoms with Crippen LogP contribution in [0.5, 0.6) is 0 Å². The van der Waals surface area contributed by atoms with Crippen molar-refractivity contribution in [3.63, 3.8) is 0 Å². The Morgan fingerprint density at radius 2 is 1.40 bits per heavy atom. The third-order valence-corrected chi connectivity index (χ3v) is 6.39. The van der Waals surface area contributed by atoms with Crippen LogP contribution in [-0.4, -0.2) is 29.7 Å². The lowest BCUT2D eigenvalue weighted by Crippen LogP contribution is -2.41. The van der Waals surface area contributed by atoms with Crippen LogP contribution in [0.4, 0.5) is 0 Å². The summed E-state index contributed by atoms with van der Waals surface area (Å²) in [5.74, 6) is -1.91. The molecule has 0 heterocycles. The number of benzene rings is 3. The molecule has 3 aromatic rings. The maximum Gasteiger partial charge on any atom is 0.335 e. The van der Waals surface area contributed by atoms with Gasteiger partial charge in [-0.05, 0) is 35.4 Å². The van der Waals surface area contributed by atoms with Gasteiger partial charge in [-0.3, -0.25) is 4.79 Å². The molecule has 0 aliphatic rings. The summed E-state index contributed by atoms with van der Waals surface area (Å²) in [5, 5.41) is 9.08. The number of carboxylic acids is 1. The van der Waals surface area contributed by atoms with Crippen LogP contribution in [0.25, 0.3) is 0 Å². The van der Waals surface area contributed by atoms with Crippen LogP contribution in [0.15, 0.2) is 89.8 Å². The lowest BCUT2D eigenvalue weighted by Gasteiger charge is -2.29. The quantitative estimate of drug-likeness (QED) is 0.576. The van der Waals surface area contributed by atoms with Gasteiger partial charge in [0.25, 0.3) is 0 Å². The summed E-state index contributed by atoms with van der Waals surface area (Å²) >= 11 is 0. The van der Waals surface area contributed by atoms with Crippen LogP contribution < -0.4 is 5.73 Å². The molecule has 0 spiro atoms. The van der Waals surface area contributed by atoms with Gasteiger partial charge in [0.15, 0.2) is 0 Å². The summed E-state index contributed by atoms with van der Waals surface area (Å²) < 4.78 is 27.9. The van der Waals surface area contributed by atoms with Gasteiger partial charge in [-0.1, -0.05) is 60.7 Å². The lowest BCUT2D eigenvalue weighted by molar-refractivity contribution is -0.122. The number of primary amides is 1. The van der Waals surface area contributed by atoms with Crippen LogP contribution in [0.2, 0.25) is 0 Å². The molecule has 0 aromatic heterocycles. The van der Waals surface area contributed by atoms with Crippen LogP contribution in [0.1, 0.15) is 27.5 Å². The molecule has 3 aromatic carbocycles. The van der Waals surface area contributed by atoms with Crippen molar-refractivity contribution in [3.05, 3.63) is 102 Å². The Morgan fingerprint density at radius 1 is 0.867 bits per heavy atom. The molecule has 0 aliphatic carbocycles. The van der Waals surface area contributed by atoms with Crippen molar-refractivity contribution in [3.8, 4) is 0 Å². The van der Waals surface area contributed by atoms with Crippen molar-refractivity contribution in [1.82, 2.24) is 4.31 Å². The second-order valence-electron chi connectivity index (χ2n) is 6.58. The Kier molecular flexibility index (Phi) is 6.29. The van der Waals surface area contributed by atoms with Crippen LogP contribution in [-0.2, 0) is 21.4 Å². The van der Waals surface area contributed by atoms with Crippen molar-refractivity contribution in [2.24, 2.45) is 5.73 Å². The number of nitrogens with zero attached hydrogens (tertiary/aromatic N) is 1. The fraction of sp³-hybridized carbons (Fsp3) is 0.0909. The van der Waals surface area contributed by atoms with Gasteiger partial charge in [0.2, 0.25) is 15.9 Å². The van der Waals surface area contributed by atoms with Gasteiger partial charge in [-0.2, -0.15) is 4.31 Å². The standard InChI is InChI=1S/C22H20N2O5S/c23-21(25)20(17-7-3-1-4-8-17)24(30(28,29)19-9-5-2-6-10-19)15-16-11-13-18(14-12-16)22(26)27/h1-14,20H,15H2,(H2,23,25)(H,26,27). The number of hydrogen-bond donors (Lipinski definition) is 2. The molecule has 1 unspecified atom stereocenters. The average Bonchev–Trinajstić information content (AvgIpc) is 2.75. The summed E-state index contributed by atoms with van der Waals surface area (Å²) in [4.78, 5) is 23.5. The zero-order valence-electron chi connectivity index (χ0n) is 15.9. The van der Waals surface area contributed by atoms with Gasteiger partial charge in [-0.15, -0.1) is 0 Å². The SMILES string of the molecule is NC(=O)C(c1ccccc1)N(Cc1ccc(C(=O)O)cc1)S(=O)(=O)c1ccccc1. The van der Waals surface area contributed by atoms with Gasteiger partial charge in [0.05, 0.1) is 10.5 Å². The molecule has 0 radical (unpaired) electrons. The highest BCUT2D eigenvalue weighted by Gasteiger charge is 2.36. The molecule has 1 amide bonds. The lowest BCUT2D eigenvalue weighted by atomic mass is 10.1. The first-order valence-corrected chi connectivity index (χ1v) is 10.5. The number of nitrogens with two attached hydrogens (primary N) is 1. The number of rotatable bonds is 8. The first-order chi connectivity index (χ1) is 14.3. The molecule has 0 fully saturated rings. The smallest absolute Gasteiger partial charge is 0.335 e. The average molecular weight is 424 g/mol. The summed E-state index contributed by atoms with van der Waals surface area (Å²) in [6.07, 6.45) is 0. The first-order valence-electron chi connectivity index (χ1n) is 9.04. The van der Waals surface area contributed by atoms with Crippen LogP contribution in [0, 0.1) is 0 Å². The number of aromatic carboxylic acids is 1. The number of carbonyl (C=O) groups excluding carboxylic acids is 1. The molecule has 8 heteroatoms. The molecule has 0 saturated heterocycles. The predicted octanol–water partition coefficient (Wildman–Crippen LogP) is 2.80. The second kappa shape index (κ2) is 8.89. The minimum Gasteiger partial charge on any atom is -0.478 e. The highest BCUT2D eigenvalue weighted by molar-refractivity contribution is 7.89. The Hall–Kier alpha value is -3.49. The second-order valence-corrected chi connectivity index (χ2v) is 8.47. The molecule has 154 valence electrons. The summed E-state index contributed by atoms with van der Waals surface area (Å²) in [7, 11) is -4.10. The van der Waals surface area contributed by atoms with E-state index in [1.165, 1.54) is 36.4 Å². The first kappa shape index (κ1) is 21.2. The van der Waals surface area contributed by atoms with E-state index >= 15 is 0 Å². The van der Waals surface area contributed by atoms with E-state index in [-0.39, 0.29) is 17.0 Å². The van der Waals surface area contributed by atoms with Crippen molar-refractivity contribution in [1.29, 1.82) is 0 Å². The van der Waals surface area contributed by atoms with Gasteiger partial charge in [0.1, 0.15) is 6.04 Å². The number of carbonyl (C=O) groups is 2. The van der Waals surface area contributed by atoms with E-state index in [1.807, 2.05) is 0 Å². The zero-order chi connectivity index (χ0) is 21.7. The van der Waals surface area contributed by atoms with Gasteiger partial charge in [0, 0.05) is 6.54 Å². The largest absolute Gasteiger partial charge is 0.478 e. The zero-order valence-corrected chi connectivity index (χ0v) is 16.7. The minimum atomic E-state index is -4.10. The summed E-state index contributed by atoms with van der Waals surface area (Å²) in [6, 6.07) is 20.7. The van der Waals surface area contributed by atoms with Gasteiger partial charge < -0.3 is 10.8 Å². The molecule has 0 saturated carbocycles. The predicted molar refractivity (Wildman–Crippen MR) is 111 cm³/mol. The number of hydrogen-bond acceptors (Lipinski definition) is 4. The number of amides is 1. The van der Waals surface area contributed by atoms with E-state index in [2.05, 4.69) is 0 Å². The van der Waals surface area contributed by atoms with E-state index < -0.39 is 27.9 Å². The normalized spacial score (nSPS) is 12.4. The molecule has 0 bridgehead atoms. The minimum absolute atomic E-state index is 0.0225. The fourth-order valence-electron chi connectivity index (χ4n) is 3.08. The Labute approximate surface area is 174 Å². The third kappa shape index (κ3) is 4.56. The molecule has 3 N–H and O–H groups in total. The van der Waals surface area contributed by atoms with E-state index in [0.29, 0.717) is 11.1 Å². The summed E-state index contributed by atoms with van der Waals surface area (Å²) in [6.45, 7) is -0.167. The number of sulfonamides is 1. The Bertz CT molecular complexity index is 1130. The monoisotopic (exact) mass is 424 g/mol. The van der Waals surface area contributed by atoms with E-state index in [4.69, 9.17) is 10.8 Å². The third-order valence-electron chi connectivity index (χ3n) is 4.56. The maximum atomic E-state index is 13.5. The van der Waals surface area contributed by atoms with Gasteiger partial charge in [-0.25, -0.2) is 13.2 Å². The number of carboxylic acid groups (broad SMARTS) is 1. The molecular formula is C22H20N2O5S. The van der Waals surface area contributed by atoms with E-state index in [1.54, 1.807) is 48.5 Å². The van der Waals surface area contributed by atoms with Crippen molar-refractivity contribution < 1.29 is 23.1 Å². The Morgan fingerprint density at radius 3 is 1.90 bits per heavy atom. The van der Waals surface area contributed by atoms with Crippen molar-refractivity contribution in [2.45, 2.75) is 17.5 Å². The topological polar surface area (TPSA) is 118 Å². The molecular weight excluding hydrogens is 404 g/mol. The highest BCUT2D eigenvalue weighted by Crippen LogP contribution is 2.29. The maximum absolute atomic E-state index is 13.5. The van der Waals surface area contributed by atoms with Crippen LogP contribution in [0.3, 0.4) is 0 Å². The van der Waals surface area contributed by atoms with Crippen molar-refractivity contribution >= 4 is 21.9 Å². The van der Waals surface area contributed by atoms with Crippen LogP contribution >= 0.6 is 0 Å². The van der Waals surface area contributed by atoms with Crippen molar-refractivity contribution in [2.75, 3.05) is 0 Å². The molecule has 3 rings (SSSR count). The molecule has 1 atom stereocenters. The molecule has 0 aliphatic heterocycles. The van der Waals surface area contributed by atoms with E-state index in [9.17, 15) is 18.0 Å². The molecule has 30 heavy (non-hydrogen) atoms. The summed E-state index contributed by atoms with van der Waals surface area (Å²) in [5.41, 5.74) is 6.67. The Balaban J connectivity index is 2.10. The highest BCUT2D eigenvalue weighted by atomic mass is 32.2. The van der Waals surface area contributed by atoms with E-state index in [0.717, 1.165) is 4.31 Å².